The monoisotopic (exact) mass is 202 g/mol. The number of ether oxygens (including phenoxy) is 1. The Morgan fingerprint density at radius 1 is 1.50 bits per heavy atom. The molecule has 0 saturated carbocycles. The molecule has 84 valence electrons. The maximum atomic E-state index is 11.2. The van der Waals surface area contributed by atoms with E-state index in [4.69, 9.17) is 4.74 Å². The molecular formula is C10H22N2O2. The van der Waals surface area contributed by atoms with Gasteiger partial charge in [0.15, 0.2) is 0 Å². The van der Waals surface area contributed by atoms with E-state index in [1.807, 2.05) is 0 Å². The van der Waals surface area contributed by atoms with Crippen LogP contribution in [0.4, 0.5) is 0 Å². The van der Waals surface area contributed by atoms with E-state index in [1.165, 1.54) is 0 Å². The third-order valence-corrected chi connectivity index (χ3v) is 1.96. The highest BCUT2D eigenvalue weighted by atomic mass is 16.5. The van der Waals surface area contributed by atoms with Crippen LogP contribution < -0.4 is 5.32 Å². The molecule has 0 aliphatic heterocycles. The first-order chi connectivity index (χ1) is 6.57. The van der Waals surface area contributed by atoms with E-state index < -0.39 is 0 Å². The molecule has 0 rings (SSSR count). The van der Waals surface area contributed by atoms with Crippen molar-refractivity contribution in [3.63, 3.8) is 0 Å². The highest BCUT2D eigenvalue weighted by molar-refractivity contribution is 5.75. The Kier molecular flexibility index (Phi) is 7.42. The summed E-state index contributed by atoms with van der Waals surface area (Å²) in [5.74, 6) is 0.659. The van der Waals surface area contributed by atoms with Gasteiger partial charge in [0.25, 0.3) is 0 Å². The maximum Gasteiger partial charge on any atom is 0.223 e. The fourth-order valence-corrected chi connectivity index (χ4v) is 1.11. The third-order valence-electron chi connectivity index (χ3n) is 1.96. The Labute approximate surface area is 86.6 Å². The minimum Gasteiger partial charge on any atom is -0.384 e. The molecule has 0 saturated heterocycles. The van der Waals surface area contributed by atoms with Gasteiger partial charge in [-0.1, -0.05) is 6.92 Å². The fourth-order valence-electron chi connectivity index (χ4n) is 1.11. The first-order valence-corrected chi connectivity index (χ1v) is 4.97. The second kappa shape index (κ2) is 7.76. The van der Waals surface area contributed by atoms with Crippen molar-refractivity contribution in [2.45, 2.75) is 13.3 Å². The molecule has 0 bridgehead atoms. The van der Waals surface area contributed by atoms with E-state index >= 15 is 0 Å². The van der Waals surface area contributed by atoms with Crippen molar-refractivity contribution in [1.82, 2.24) is 10.2 Å². The highest BCUT2D eigenvalue weighted by Gasteiger charge is 2.04. The lowest BCUT2D eigenvalue weighted by Crippen LogP contribution is -2.29. The minimum atomic E-state index is 0.164. The largest absolute Gasteiger partial charge is 0.384 e. The van der Waals surface area contributed by atoms with Crippen LogP contribution in [0.2, 0.25) is 0 Å². The van der Waals surface area contributed by atoms with Gasteiger partial charge in [0.2, 0.25) is 5.91 Å². The number of carbonyl (C=O) groups is 1. The van der Waals surface area contributed by atoms with Gasteiger partial charge < -0.3 is 15.0 Å². The first-order valence-electron chi connectivity index (χ1n) is 4.97. The van der Waals surface area contributed by atoms with Crippen molar-refractivity contribution in [3.8, 4) is 0 Å². The SMILES string of the molecule is COCC(C)CNCCC(=O)N(C)C. The average molecular weight is 202 g/mol. The Balaban J connectivity index is 3.33. The van der Waals surface area contributed by atoms with Gasteiger partial charge in [0.1, 0.15) is 0 Å². The van der Waals surface area contributed by atoms with Crippen LogP contribution in [0.15, 0.2) is 0 Å². The predicted molar refractivity (Wildman–Crippen MR) is 57.2 cm³/mol. The molecule has 0 radical (unpaired) electrons. The van der Waals surface area contributed by atoms with Crippen LogP contribution in [0.5, 0.6) is 0 Å². The number of carbonyl (C=O) groups excluding carboxylic acids is 1. The van der Waals surface area contributed by atoms with Crippen molar-refractivity contribution in [2.24, 2.45) is 5.92 Å². The second-order valence-corrected chi connectivity index (χ2v) is 3.80. The molecule has 1 N–H and O–H groups in total. The van der Waals surface area contributed by atoms with Gasteiger partial charge in [0, 0.05) is 40.8 Å². The molecular weight excluding hydrogens is 180 g/mol. The van der Waals surface area contributed by atoms with Gasteiger partial charge in [0.05, 0.1) is 0 Å². The summed E-state index contributed by atoms with van der Waals surface area (Å²) in [6.45, 7) is 4.51. The lowest BCUT2D eigenvalue weighted by molar-refractivity contribution is -0.128. The summed E-state index contributed by atoms with van der Waals surface area (Å²) in [6, 6.07) is 0. The highest BCUT2D eigenvalue weighted by Crippen LogP contribution is 1.92. The Morgan fingerprint density at radius 2 is 2.14 bits per heavy atom. The number of hydrogen-bond acceptors (Lipinski definition) is 3. The van der Waals surface area contributed by atoms with E-state index in [0.717, 1.165) is 19.7 Å². The number of nitrogens with one attached hydrogen (secondary N) is 1. The lowest BCUT2D eigenvalue weighted by atomic mass is 10.2. The normalized spacial score (nSPS) is 12.6. The molecule has 0 fully saturated rings. The van der Waals surface area contributed by atoms with Crippen LogP contribution >= 0.6 is 0 Å². The topological polar surface area (TPSA) is 41.6 Å². The summed E-state index contributed by atoms with van der Waals surface area (Å²) in [5, 5.41) is 3.23. The summed E-state index contributed by atoms with van der Waals surface area (Å²) >= 11 is 0. The van der Waals surface area contributed by atoms with E-state index in [9.17, 15) is 4.79 Å². The van der Waals surface area contributed by atoms with Crippen molar-refractivity contribution in [2.75, 3.05) is 40.9 Å². The van der Waals surface area contributed by atoms with Crippen LogP contribution in [-0.2, 0) is 9.53 Å². The van der Waals surface area contributed by atoms with Crippen molar-refractivity contribution >= 4 is 5.91 Å². The van der Waals surface area contributed by atoms with Crippen LogP contribution in [-0.4, -0.2) is 51.7 Å². The van der Waals surface area contributed by atoms with E-state index in [-0.39, 0.29) is 5.91 Å². The molecule has 0 aliphatic carbocycles. The van der Waals surface area contributed by atoms with Gasteiger partial charge in [-0.2, -0.15) is 0 Å². The quantitative estimate of drug-likeness (QED) is 0.605. The molecule has 1 atom stereocenters. The van der Waals surface area contributed by atoms with Crippen molar-refractivity contribution in [3.05, 3.63) is 0 Å². The molecule has 0 aromatic carbocycles. The molecule has 4 nitrogen and oxygen atoms in total. The number of amides is 1. The Hall–Kier alpha value is -0.610. The van der Waals surface area contributed by atoms with Crippen LogP contribution in [0.1, 0.15) is 13.3 Å². The van der Waals surface area contributed by atoms with Crippen molar-refractivity contribution < 1.29 is 9.53 Å². The summed E-state index contributed by atoms with van der Waals surface area (Å²) in [6.07, 6.45) is 0.562. The minimum absolute atomic E-state index is 0.164. The summed E-state index contributed by atoms with van der Waals surface area (Å²) in [4.78, 5) is 12.8. The van der Waals surface area contributed by atoms with Crippen LogP contribution in [0.3, 0.4) is 0 Å². The Bertz CT molecular complexity index is 160. The lowest BCUT2D eigenvalue weighted by Gasteiger charge is -2.13. The number of methoxy groups -OCH3 is 1. The average Bonchev–Trinajstić information content (AvgIpc) is 2.12. The zero-order valence-electron chi connectivity index (χ0n) is 9.67. The van der Waals surface area contributed by atoms with Gasteiger partial charge in [-0.05, 0) is 12.5 Å². The number of hydrogen-bond donors (Lipinski definition) is 1. The molecule has 4 heteroatoms. The first kappa shape index (κ1) is 13.4. The van der Waals surface area contributed by atoms with Crippen LogP contribution in [0.25, 0.3) is 0 Å². The molecule has 0 aliphatic rings. The standard InChI is InChI=1S/C10H22N2O2/c1-9(8-14-4)7-11-6-5-10(13)12(2)3/h9,11H,5-8H2,1-4H3. The Morgan fingerprint density at radius 3 is 2.64 bits per heavy atom. The second-order valence-electron chi connectivity index (χ2n) is 3.80. The number of nitrogens with zero attached hydrogens (tertiary/aromatic N) is 1. The van der Waals surface area contributed by atoms with Crippen LogP contribution in [0, 0.1) is 5.92 Å². The fraction of sp³-hybridized carbons (Fsp3) is 0.900. The van der Waals surface area contributed by atoms with Gasteiger partial charge in [-0.3, -0.25) is 4.79 Å². The zero-order chi connectivity index (χ0) is 11.0. The number of rotatable bonds is 7. The molecule has 0 heterocycles. The zero-order valence-corrected chi connectivity index (χ0v) is 9.67. The molecule has 14 heavy (non-hydrogen) atoms. The van der Waals surface area contributed by atoms with Crippen molar-refractivity contribution in [1.29, 1.82) is 0 Å². The smallest absolute Gasteiger partial charge is 0.223 e. The molecule has 0 aromatic rings. The van der Waals surface area contributed by atoms with Gasteiger partial charge in [-0.25, -0.2) is 0 Å². The van der Waals surface area contributed by atoms with E-state index in [1.54, 1.807) is 26.1 Å². The predicted octanol–water partition coefficient (Wildman–Crippen LogP) is 0.337. The van der Waals surface area contributed by atoms with Gasteiger partial charge in [-0.15, -0.1) is 0 Å². The third kappa shape index (κ3) is 6.86. The summed E-state index contributed by atoms with van der Waals surface area (Å²) in [5.41, 5.74) is 0. The van der Waals surface area contributed by atoms with E-state index in [0.29, 0.717) is 12.3 Å². The van der Waals surface area contributed by atoms with Gasteiger partial charge >= 0.3 is 0 Å². The summed E-state index contributed by atoms with van der Waals surface area (Å²) < 4.78 is 5.00. The molecule has 0 aromatic heterocycles. The maximum absolute atomic E-state index is 11.2. The summed E-state index contributed by atoms with van der Waals surface area (Å²) in [7, 11) is 5.25. The molecule has 1 unspecified atom stereocenters. The van der Waals surface area contributed by atoms with E-state index in [2.05, 4.69) is 12.2 Å². The molecule has 0 spiro atoms. The molecule has 1 amide bonds.